The van der Waals surface area contributed by atoms with Crippen molar-refractivity contribution in [1.29, 1.82) is 0 Å². The minimum Gasteiger partial charge on any atom is -0.310 e. The molecule has 0 saturated heterocycles. The lowest BCUT2D eigenvalue weighted by atomic mass is 10.1. The Balaban J connectivity index is 1.73. The van der Waals surface area contributed by atoms with Crippen LogP contribution in [0.1, 0.15) is 24.0 Å². The van der Waals surface area contributed by atoms with E-state index in [-0.39, 0.29) is 0 Å². The van der Waals surface area contributed by atoms with Crippen molar-refractivity contribution in [3.05, 3.63) is 35.4 Å². The summed E-state index contributed by atoms with van der Waals surface area (Å²) in [5, 5.41) is 3.55. The Morgan fingerprint density at radius 1 is 1.00 bits per heavy atom. The molecule has 19 heavy (non-hydrogen) atoms. The van der Waals surface area contributed by atoms with E-state index in [1.54, 1.807) is 0 Å². The van der Waals surface area contributed by atoms with Crippen LogP contribution in [-0.4, -0.2) is 50.1 Å². The molecule has 0 heterocycles. The summed E-state index contributed by atoms with van der Waals surface area (Å²) >= 11 is 0. The van der Waals surface area contributed by atoms with Crippen LogP contribution in [0.15, 0.2) is 24.3 Å². The van der Waals surface area contributed by atoms with Gasteiger partial charge in [-0.05, 0) is 45.1 Å². The van der Waals surface area contributed by atoms with E-state index in [2.05, 4.69) is 60.5 Å². The van der Waals surface area contributed by atoms with Crippen molar-refractivity contribution in [3.63, 3.8) is 0 Å². The fraction of sp³-hybridized carbons (Fsp3) is 0.625. The molecule has 0 unspecified atom stereocenters. The molecule has 1 aliphatic rings. The van der Waals surface area contributed by atoms with Gasteiger partial charge < -0.3 is 15.1 Å². The van der Waals surface area contributed by atoms with Gasteiger partial charge in [-0.25, -0.2) is 0 Å². The quantitative estimate of drug-likeness (QED) is 0.771. The standard InChI is InChI=1S/C16H27N3/c1-18(2)10-11-19(3)13-15-6-4-14(5-7-15)12-17-16-8-9-16/h4-7,16-17H,8-13H2,1-3H3. The summed E-state index contributed by atoms with van der Waals surface area (Å²) < 4.78 is 0. The van der Waals surface area contributed by atoms with Gasteiger partial charge in [0.05, 0.1) is 0 Å². The molecule has 1 aliphatic carbocycles. The van der Waals surface area contributed by atoms with Gasteiger partial charge >= 0.3 is 0 Å². The number of likely N-dealkylation sites (N-methyl/N-ethyl adjacent to an activating group) is 2. The maximum absolute atomic E-state index is 3.55. The lowest BCUT2D eigenvalue weighted by molar-refractivity contribution is 0.276. The minimum atomic E-state index is 0.789. The zero-order chi connectivity index (χ0) is 13.7. The van der Waals surface area contributed by atoms with Crippen LogP contribution in [0.3, 0.4) is 0 Å². The highest BCUT2D eigenvalue weighted by atomic mass is 15.1. The van der Waals surface area contributed by atoms with Gasteiger partial charge in [0.2, 0.25) is 0 Å². The van der Waals surface area contributed by atoms with Crippen molar-refractivity contribution in [2.24, 2.45) is 0 Å². The van der Waals surface area contributed by atoms with Crippen molar-refractivity contribution >= 4 is 0 Å². The van der Waals surface area contributed by atoms with Crippen LogP contribution in [0.25, 0.3) is 0 Å². The van der Waals surface area contributed by atoms with Crippen LogP contribution in [-0.2, 0) is 13.1 Å². The van der Waals surface area contributed by atoms with E-state index in [1.807, 2.05) is 0 Å². The smallest absolute Gasteiger partial charge is 0.0231 e. The minimum absolute atomic E-state index is 0.789. The molecule has 1 N–H and O–H groups in total. The summed E-state index contributed by atoms with van der Waals surface area (Å²) in [6.07, 6.45) is 2.71. The van der Waals surface area contributed by atoms with Gasteiger partial charge in [0, 0.05) is 32.2 Å². The van der Waals surface area contributed by atoms with Crippen LogP contribution < -0.4 is 5.32 Å². The molecule has 0 amide bonds. The first-order valence-corrected chi connectivity index (χ1v) is 7.28. The van der Waals surface area contributed by atoms with E-state index in [9.17, 15) is 0 Å². The Morgan fingerprint density at radius 3 is 2.21 bits per heavy atom. The Labute approximate surface area is 117 Å². The van der Waals surface area contributed by atoms with E-state index in [4.69, 9.17) is 0 Å². The second kappa shape index (κ2) is 7.04. The molecule has 0 bridgehead atoms. The molecule has 0 radical (unpaired) electrons. The van der Waals surface area contributed by atoms with Crippen molar-refractivity contribution in [1.82, 2.24) is 15.1 Å². The van der Waals surface area contributed by atoms with Gasteiger partial charge in [0.1, 0.15) is 0 Å². The molecule has 0 aromatic heterocycles. The van der Waals surface area contributed by atoms with E-state index in [0.717, 1.165) is 32.2 Å². The molecule has 1 saturated carbocycles. The first-order chi connectivity index (χ1) is 9.13. The van der Waals surface area contributed by atoms with Crippen molar-refractivity contribution < 1.29 is 0 Å². The normalized spacial score (nSPS) is 15.4. The monoisotopic (exact) mass is 261 g/mol. The third kappa shape index (κ3) is 5.72. The molecule has 0 spiro atoms. The second-order valence-corrected chi connectivity index (χ2v) is 6.01. The highest BCUT2D eigenvalue weighted by Crippen LogP contribution is 2.19. The van der Waals surface area contributed by atoms with Crippen LogP contribution in [0.5, 0.6) is 0 Å². The average molecular weight is 261 g/mol. The number of benzene rings is 1. The second-order valence-electron chi connectivity index (χ2n) is 6.01. The first kappa shape index (κ1) is 14.5. The Kier molecular flexibility index (Phi) is 5.37. The van der Waals surface area contributed by atoms with Gasteiger partial charge in [-0.3, -0.25) is 0 Å². The largest absolute Gasteiger partial charge is 0.310 e. The fourth-order valence-electron chi connectivity index (χ4n) is 2.07. The lowest BCUT2D eigenvalue weighted by Crippen LogP contribution is -2.28. The van der Waals surface area contributed by atoms with Crippen LogP contribution in [0.2, 0.25) is 0 Å². The third-order valence-corrected chi connectivity index (χ3v) is 3.58. The highest BCUT2D eigenvalue weighted by molar-refractivity contribution is 5.22. The first-order valence-electron chi connectivity index (χ1n) is 7.28. The third-order valence-electron chi connectivity index (χ3n) is 3.58. The van der Waals surface area contributed by atoms with E-state index < -0.39 is 0 Å². The van der Waals surface area contributed by atoms with Crippen molar-refractivity contribution in [2.75, 3.05) is 34.2 Å². The molecule has 3 heteroatoms. The summed E-state index contributed by atoms with van der Waals surface area (Å²) in [7, 11) is 6.43. The molecule has 1 fully saturated rings. The molecule has 0 atom stereocenters. The molecular formula is C16H27N3. The van der Waals surface area contributed by atoms with Gasteiger partial charge in [-0.1, -0.05) is 24.3 Å². The average Bonchev–Trinajstić information content (AvgIpc) is 3.20. The van der Waals surface area contributed by atoms with Crippen LogP contribution >= 0.6 is 0 Å². The van der Waals surface area contributed by atoms with E-state index in [1.165, 1.54) is 24.0 Å². The lowest BCUT2D eigenvalue weighted by Gasteiger charge is -2.19. The number of hydrogen-bond donors (Lipinski definition) is 1. The fourth-order valence-corrected chi connectivity index (χ4v) is 2.07. The molecule has 1 aromatic carbocycles. The summed E-state index contributed by atoms with van der Waals surface area (Å²) in [4.78, 5) is 4.60. The topological polar surface area (TPSA) is 18.5 Å². The number of nitrogens with one attached hydrogen (secondary N) is 1. The van der Waals surface area contributed by atoms with E-state index in [0.29, 0.717) is 0 Å². The maximum Gasteiger partial charge on any atom is 0.0231 e. The molecular weight excluding hydrogens is 234 g/mol. The Hall–Kier alpha value is -0.900. The Bertz CT molecular complexity index is 368. The predicted molar refractivity (Wildman–Crippen MR) is 81.2 cm³/mol. The van der Waals surface area contributed by atoms with Crippen LogP contribution in [0.4, 0.5) is 0 Å². The van der Waals surface area contributed by atoms with Crippen molar-refractivity contribution in [2.45, 2.75) is 32.0 Å². The van der Waals surface area contributed by atoms with E-state index >= 15 is 0 Å². The summed E-state index contributed by atoms with van der Waals surface area (Å²) in [5.74, 6) is 0. The molecule has 1 aromatic rings. The van der Waals surface area contributed by atoms with Gasteiger partial charge in [-0.15, -0.1) is 0 Å². The number of rotatable bonds is 8. The highest BCUT2D eigenvalue weighted by Gasteiger charge is 2.19. The molecule has 2 rings (SSSR count). The SMILES string of the molecule is CN(C)CCN(C)Cc1ccc(CNC2CC2)cc1. The van der Waals surface area contributed by atoms with Gasteiger partial charge in [0.25, 0.3) is 0 Å². The molecule has 106 valence electrons. The number of hydrogen-bond acceptors (Lipinski definition) is 3. The van der Waals surface area contributed by atoms with Crippen molar-refractivity contribution in [3.8, 4) is 0 Å². The van der Waals surface area contributed by atoms with Gasteiger partial charge in [-0.2, -0.15) is 0 Å². The summed E-state index contributed by atoms with van der Waals surface area (Å²) in [6, 6.07) is 9.82. The zero-order valence-corrected chi connectivity index (χ0v) is 12.5. The molecule has 0 aliphatic heterocycles. The predicted octanol–water partition coefficient (Wildman–Crippen LogP) is 1.93. The number of nitrogens with zero attached hydrogens (tertiary/aromatic N) is 2. The summed E-state index contributed by atoms with van der Waals surface area (Å²) in [6.45, 7) is 4.27. The molecule has 3 nitrogen and oxygen atoms in total. The van der Waals surface area contributed by atoms with Gasteiger partial charge in [0.15, 0.2) is 0 Å². The Morgan fingerprint density at radius 2 is 1.63 bits per heavy atom. The van der Waals surface area contributed by atoms with Crippen LogP contribution in [0, 0.1) is 0 Å². The zero-order valence-electron chi connectivity index (χ0n) is 12.5. The summed E-state index contributed by atoms with van der Waals surface area (Å²) in [5.41, 5.74) is 2.79. The maximum atomic E-state index is 3.55.